The lowest BCUT2D eigenvalue weighted by Gasteiger charge is -2.23. The van der Waals surface area contributed by atoms with Gasteiger partial charge >= 0.3 is 12.1 Å². The van der Waals surface area contributed by atoms with Gasteiger partial charge in [0.15, 0.2) is 0 Å². The SMILES string of the molecule is COC(=O)c1ccc(N2CC3CN(C(=O)O)CC3C2)cc1Oc1cnc2[nH]ccc2c1. The fraction of sp³-hybridized carbons (Fsp3) is 0.318. The van der Waals surface area contributed by atoms with E-state index in [0.717, 1.165) is 29.8 Å². The number of carbonyl (C=O) groups excluding carboxylic acids is 1. The van der Waals surface area contributed by atoms with Crippen molar-refractivity contribution in [1.82, 2.24) is 14.9 Å². The van der Waals surface area contributed by atoms with Gasteiger partial charge in [0.25, 0.3) is 0 Å². The predicted molar refractivity (Wildman–Crippen MR) is 113 cm³/mol. The average Bonchev–Trinajstić information content (AvgIpc) is 3.47. The van der Waals surface area contributed by atoms with E-state index >= 15 is 0 Å². The van der Waals surface area contributed by atoms with Gasteiger partial charge in [-0.05, 0) is 24.3 Å². The molecule has 1 amide bonds. The molecule has 2 atom stereocenters. The van der Waals surface area contributed by atoms with Crippen molar-refractivity contribution in [2.75, 3.05) is 38.2 Å². The Morgan fingerprint density at radius 2 is 1.90 bits per heavy atom. The number of benzene rings is 1. The number of nitrogens with zero attached hydrogens (tertiary/aromatic N) is 3. The summed E-state index contributed by atoms with van der Waals surface area (Å²) in [5.74, 6) is 1.05. The Kier molecular flexibility index (Phi) is 4.65. The van der Waals surface area contributed by atoms with Gasteiger partial charge in [-0.25, -0.2) is 14.6 Å². The molecular formula is C22H22N4O5. The third kappa shape index (κ3) is 3.52. The molecule has 2 unspecified atom stereocenters. The molecule has 9 nitrogen and oxygen atoms in total. The van der Waals surface area contributed by atoms with Crippen LogP contribution in [0.3, 0.4) is 0 Å². The normalized spacial score (nSPS) is 20.2. The van der Waals surface area contributed by atoms with E-state index in [0.29, 0.717) is 42.0 Å². The first kappa shape index (κ1) is 19.2. The van der Waals surface area contributed by atoms with E-state index in [4.69, 9.17) is 9.47 Å². The van der Waals surface area contributed by atoms with Gasteiger partial charge in [-0.1, -0.05) is 0 Å². The highest BCUT2D eigenvalue weighted by Gasteiger charge is 2.41. The number of ether oxygens (including phenoxy) is 2. The fourth-order valence-electron chi connectivity index (χ4n) is 4.53. The second-order valence-electron chi connectivity index (χ2n) is 7.97. The number of pyridine rings is 1. The second-order valence-corrected chi connectivity index (χ2v) is 7.97. The summed E-state index contributed by atoms with van der Waals surface area (Å²) in [6.45, 7) is 2.65. The molecule has 1 aromatic carbocycles. The van der Waals surface area contributed by atoms with Crippen molar-refractivity contribution < 1.29 is 24.2 Å². The molecule has 160 valence electrons. The van der Waals surface area contributed by atoms with E-state index in [9.17, 15) is 14.7 Å². The van der Waals surface area contributed by atoms with Gasteiger partial charge in [0.05, 0.1) is 13.3 Å². The molecule has 2 aliphatic rings. The fourth-order valence-corrected chi connectivity index (χ4v) is 4.53. The van der Waals surface area contributed by atoms with Crippen molar-refractivity contribution in [1.29, 1.82) is 0 Å². The quantitative estimate of drug-likeness (QED) is 0.622. The second kappa shape index (κ2) is 7.50. The smallest absolute Gasteiger partial charge is 0.407 e. The first-order valence-corrected chi connectivity index (χ1v) is 10.1. The molecule has 0 bridgehead atoms. The van der Waals surface area contributed by atoms with E-state index in [1.165, 1.54) is 12.0 Å². The standard InChI is InChI=1S/C22H22N4O5/c1-30-21(27)18-3-2-16(25-9-14-11-26(22(28)29)12-15(14)10-25)7-19(18)31-17-6-13-4-5-23-20(13)24-8-17/h2-8,14-15H,9-12H2,1H3,(H,23,24)(H,28,29). The number of aromatic nitrogens is 2. The van der Waals surface area contributed by atoms with Gasteiger partial charge < -0.3 is 29.4 Å². The topological polar surface area (TPSA) is 108 Å². The number of anilines is 1. The van der Waals surface area contributed by atoms with Gasteiger partial charge in [-0.3, -0.25) is 0 Å². The summed E-state index contributed by atoms with van der Waals surface area (Å²) in [5, 5.41) is 10.1. The van der Waals surface area contributed by atoms with Gasteiger partial charge in [0, 0.05) is 61.4 Å². The Morgan fingerprint density at radius 1 is 1.13 bits per heavy atom. The average molecular weight is 422 g/mol. The summed E-state index contributed by atoms with van der Waals surface area (Å²) in [5.41, 5.74) is 2.01. The van der Waals surface area contributed by atoms with E-state index in [-0.39, 0.29) is 0 Å². The molecule has 5 rings (SSSR count). The van der Waals surface area contributed by atoms with Crippen molar-refractivity contribution >= 4 is 28.8 Å². The predicted octanol–water partition coefficient (Wildman–Crippen LogP) is 3.19. The number of H-pyrrole nitrogens is 1. The molecule has 2 fully saturated rings. The number of aromatic amines is 1. The van der Waals surface area contributed by atoms with Gasteiger partial charge in [-0.2, -0.15) is 0 Å². The van der Waals surface area contributed by atoms with Crippen molar-refractivity contribution in [3.05, 3.63) is 48.3 Å². The number of hydrogen-bond donors (Lipinski definition) is 2. The molecule has 2 aliphatic heterocycles. The molecule has 0 aliphatic carbocycles. The van der Waals surface area contributed by atoms with Gasteiger partial charge in [-0.15, -0.1) is 0 Å². The van der Waals surface area contributed by atoms with Crippen LogP contribution in [-0.4, -0.2) is 65.3 Å². The minimum absolute atomic E-state index is 0.306. The molecule has 0 spiro atoms. The highest BCUT2D eigenvalue weighted by atomic mass is 16.5. The number of nitrogens with one attached hydrogen (secondary N) is 1. The van der Waals surface area contributed by atoms with Crippen LogP contribution in [0, 0.1) is 11.8 Å². The third-order valence-corrected chi connectivity index (χ3v) is 6.10. The van der Waals surface area contributed by atoms with E-state index in [2.05, 4.69) is 14.9 Å². The largest absolute Gasteiger partial charge is 0.465 e. The van der Waals surface area contributed by atoms with Crippen molar-refractivity contribution in [2.45, 2.75) is 0 Å². The molecule has 3 aromatic rings. The number of fused-ring (bicyclic) bond motifs is 2. The van der Waals surface area contributed by atoms with E-state index < -0.39 is 12.1 Å². The van der Waals surface area contributed by atoms with Crippen LogP contribution in [0.1, 0.15) is 10.4 Å². The highest BCUT2D eigenvalue weighted by Crippen LogP contribution is 2.37. The molecule has 31 heavy (non-hydrogen) atoms. The Bertz CT molecular complexity index is 1150. The Labute approximate surface area is 178 Å². The lowest BCUT2D eigenvalue weighted by atomic mass is 10.0. The van der Waals surface area contributed by atoms with Crippen LogP contribution in [0.2, 0.25) is 0 Å². The number of methoxy groups -OCH3 is 1. The zero-order chi connectivity index (χ0) is 21.5. The summed E-state index contributed by atoms with van der Waals surface area (Å²) in [6, 6.07) is 9.17. The maximum atomic E-state index is 12.3. The van der Waals surface area contributed by atoms with Crippen LogP contribution in [0.5, 0.6) is 11.5 Å². The van der Waals surface area contributed by atoms with Crippen LogP contribution in [-0.2, 0) is 4.74 Å². The van der Waals surface area contributed by atoms with Gasteiger partial charge in [0.2, 0.25) is 0 Å². The van der Waals surface area contributed by atoms with E-state index in [1.54, 1.807) is 18.5 Å². The lowest BCUT2D eigenvalue weighted by Crippen LogP contribution is -2.32. The molecule has 2 aromatic heterocycles. The lowest BCUT2D eigenvalue weighted by molar-refractivity contribution is 0.0598. The molecule has 0 radical (unpaired) electrons. The number of likely N-dealkylation sites (tertiary alicyclic amines) is 1. The maximum absolute atomic E-state index is 12.3. The van der Waals surface area contributed by atoms with Crippen LogP contribution in [0.25, 0.3) is 11.0 Å². The highest BCUT2D eigenvalue weighted by molar-refractivity contribution is 5.93. The van der Waals surface area contributed by atoms with Crippen molar-refractivity contribution in [2.24, 2.45) is 11.8 Å². The zero-order valence-corrected chi connectivity index (χ0v) is 16.9. The third-order valence-electron chi connectivity index (χ3n) is 6.10. The number of rotatable bonds is 4. The van der Waals surface area contributed by atoms with Crippen molar-refractivity contribution in [3.63, 3.8) is 0 Å². The number of esters is 1. The van der Waals surface area contributed by atoms with Crippen LogP contribution in [0.15, 0.2) is 42.7 Å². The van der Waals surface area contributed by atoms with Crippen molar-refractivity contribution in [3.8, 4) is 11.5 Å². The number of carbonyl (C=O) groups is 2. The Morgan fingerprint density at radius 3 is 2.61 bits per heavy atom. The molecule has 2 saturated heterocycles. The molecule has 9 heteroatoms. The molecule has 0 saturated carbocycles. The Balaban J connectivity index is 1.41. The summed E-state index contributed by atoms with van der Waals surface area (Å²) < 4.78 is 11.0. The minimum atomic E-state index is -0.855. The summed E-state index contributed by atoms with van der Waals surface area (Å²) in [4.78, 5) is 34.6. The summed E-state index contributed by atoms with van der Waals surface area (Å²) in [6.07, 6.45) is 2.55. The molecule has 2 N–H and O–H groups in total. The molecule has 4 heterocycles. The van der Waals surface area contributed by atoms with E-state index in [1.807, 2.05) is 24.3 Å². The number of amides is 1. The van der Waals surface area contributed by atoms with Gasteiger partial charge in [0.1, 0.15) is 22.7 Å². The summed E-state index contributed by atoms with van der Waals surface area (Å²) >= 11 is 0. The molecular weight excluding hydrogens is 400 g/mol. The zero-order valence-electron chi connectivity index (χ0n) is 16.9. The monoisotopic (exact) mass is 422 g/mol. The first-order chi connectivity index (χ1) is 15.0. The Hall–Kier alpha value is -3.75. The maximum Gasteiger partial charge on any atom is 0.407 e. The van der Waals surface area contributed by atoms with Crippen LogP contribution in [0.4, 0.5) is 10.5 Å². The van der Waals surface area contributed by atoms with Crippen LogP contribution < -0.4 is 9.64 Å². The summed E-state index contributed by atoms with van der Waals surface area (Å²) in [7, 11) is 1.34. The number of carboxylic acid groups (broad SMARTS) is 1. The number of hydrogen-bond acceptors (Lipinski definition) is 6. The van der Waals surface area contributed by atoms with Crippen LogP contribution >= 0.6 is 0 Å². The first-order valence-electron chi connectivity index (χ1n) is 10.1. The minimum Gasteiger partial charge on any atom is -0.465 e.